The van der Waals surface area contributed by atoms with Gasteiger partial charge < -0.3 is 19.9 Å². The Bertz CT molecular complexity index is 888. The van der Waals surface area contributed by atoms with Gasteiger partial charge >= 0.3 is 17.9 Å². The highest BCUT2D eigenvalue weighted by molar-refractivity contribution is 7.18. The summed E-state index contributed by atoms with van der Waals surface area (Å²) in [5, 5.41) is 0.653. The number of nitrogen functional groups attached to an aromatic ring is 1. The third kappa shape index (κ3) is 5.08. The molecule has 0 unspecified atom stereocenters. The predicted octanol–water partition coefficient (Wildman–Crippen LogP) is 3.31. The molecule has 2 N–H and O–H groups in total. The van der Waals surface area contributed by atoms with Crippen LogP contribution in [0.4, 0.5) is 5.00 Å². The summed E-state index contributed by atoms with van der Waals surface area (Å²) in [6.45, 7) is -0.341. The van der Waals surface area contributed by atoms with E-state index in [1.165, 1.54) is 20.3 Å². The summed E-state index contributed by atoms with van der Waals surface area (Å²) in [6.07, 6.45) is 2.76. The molecule has 0 saturated carbocycles. The van der Waals surface area contributed by atoms with E-state index in [-0.39, 0.29) is 27.6 Å². The first-order valence-corrected chi connectivity index (χ1v) is 8.75. The van der Waals surface area contributed by atoms with E-state index in [2.05, 4.69) is 9.47 Å². The lowest BCUT2D eigenvalue weighted by molar-refractivity contribution is -0.138. The quantitative estimate of drug-likeness (QED) is 0.443. The van der Waals surface area contributed by atoms with Crippen molar-refractivity contribution in [3.63, 3.8) is 0 Å². The van der Waals surface area contributed by atoms with Gasteiger partial charge in [-0.05, 0) is 23.8 Å². The highest BCUT2D eigenvalue weighted by Gasteiger charge is 2.27. The van der Waals surface area contributed by atoms with Gasteiger partial charge in [-0.2, -0.15) is 0 Å². The third-order valence-electron chi connectivity index (χ3n) is 3.44. The molecule has 27 heavy (non-hydrogen) atoms. The van der Waals surface area contributed by atoms with Crippen LogP contribution in [0.2, 0.25) is 5.02 Å². The first kappa shape index (κ1) is 20.5. The summed E-state index contributed by atoms with van der Waals surface area (Å²) < 4.78 is 14.5. The fourth-order valence-electron chi connectivity index (χ4n) is 2.14. The maximum Gasteiger partial charge on any atom is 0.348 e. The van der Waals surface area contributed by atoms with Gasteiger partial charge in [-0.1, -0.05) is 23.7 Å². The number of halogens is 1. The molecule has 0 spiro atoms. The van der Waals surface area contributed by atoms with Crippen LogP contribution in [-0.4, -0.2) is 32.1 Å². The largest absolute Gasteiger partial charge is 0.465 e. The van der Waals surface area contributed by atoms with Crippen LogP contribution < -0.4 is 5.73 Å². The number of hydrogen-bond donors (Lipinski definition) is 1. The van der Waals surface area contributed by atoms with Gasteiger partial charge in [-0.15, -0.1) is 11.3 Å². The van der Waals surface area contributed by atoms with Crippen molar-refractivity contribution in [1.82, 2.24) is 0 Å². The predicted molar refractivity (Wildman–Crippen MR) is 102 cm³/mol. The highest BCUT2D eigenvalue weighted by atomic mass is 35.5. The van der Waals surface area contributed by atoms with Gasteiger partial charge in [0.1, 0.15) is 22.0 Å². The second-order valence-electron chi connectivity index (χ2n) is 5.12. The van der Waals surface area contributed by atoms with E-state index >= 15 is 0 Å². The van der Waals surface area contributed by atoms with Crippen LogP contribution in [0.3, 0.4) is 0 Å². The Labute approximate surface area is 164 Å². The first-order valence-electron chi connectivity index (χ1n) is 7.55. The number of carbonyl (C=O) groups excluding carboxylic acids is 3. The van der Waals surface area contributed by atoms with E-state index < -0.39 is 17.9 Å². The Morgan fingerprint density at radius 1 is 1.11 bits per heavy atom. The smallest absolute Gasteiger partial charge is 0.348 e. The van der Waals surface area contributed by atoms with E-state index in [0.717, 1.165) is 16.9 Å². The zero-order valence-corrected chi connectivity index (χ0v) is 16.1. The van der Waals surface area contributed by atoms with Crippen LogP contribution in [-0.2, 0) is 25.6 Å². The third-order valence-corrected chi connectivity index (χ3v) is 4.73. The van der Waals surface area contributed by atoms with Gasteiger partial charge in [0, 0.05) is 16.7 Å². The lowest BCUT2D eigenvalue weighted by Gasteiger charge is -2.06. The Kier molecular flexibility index (Phi) is 6.98. The highest BCUT2D eigenvalue weighted by Crippen LogP contribution is 2.33. The number of methoxy groups -OCH3 is 2. The minimum Gasteiger partial charge on any atom is -0.465 e. The summed E-state index contributed by atoms with van der Waals surface area (Å²) in [4.78, 5) is 35.9. The molecule has 7 nitrogen and oxygen atoms in total. The minimum absolute atomic E-state index is 0.0163. The molecule has 0 saturated heterocycles. The fraction of sp³-hybridized carbons (Fsp3) is 0.167. The molecule has 1 heterocycles. The number of rotatable bonds is 6. The molecule has 0 amide bonds. The van der Waals surface area contributed by atoms with Crippen LogP contribution in [0.15, 0.2) is 30.3 Å². The molecular formula is C18H16ClNO6S. The van der Waals surface area contributed by atoms with E-state index in [1.807, 2.05) is 0 Å². The zero-order chi connectivity index (χ0) is 20.0. The van der Waals surface area contributed by atoms with Crippen LogP contribution >= 0.6 is 22.9 Å². The average molecular weight is 410 g/mol. The van der Waals surface area contributed by atoms with Crippen molar-refractivity contribution in [2.75, 3.05) is 20.0 Å². The van der Waals surface area contributed by atoms with Crippen molar-refractivity contribution in [3.05, 3.63) is 56.9 Å². The van der Waals surface area contributed by atoms with E-state index in [4.69, 9.17) is 22.1 Å². The normalized spacial score (nSPS) is 10.6. The summed E-state index contributed by atoms with van der Waals surface area (Å²) in [5.74, 6) is -2.09. The Morgan fingerprint density at radius 3 is 2.33 bits per heavy atom. The van der Waals surface area contributed by atoms with Crippen molar-refractivity contribution in [3.8, 4) is 0 Å². The van der Waals surface area contributed by atoms with Gasteiger partial charge in [-0.3, -0.25) is 0 Å². The molecule has 0 aliphatic carbocycles. The topological polar surface area (TPSA) is 105 Å². The van der Waals surface area contributed by atoms with E-state index in [9.17, 15) is 14.4 Å². The zero-order valence-electron chi connectivity index (χ0n) is 14.5. The summed E-state index contributed by atoms with van der Waals surface area (Å²) in [5.41, 5.74) is 6.69. The molecule has 0 radical (unpaired) electrons. The second-order valence-corrected chi connectivity index (χ2v) is 6.61. The van der Waals surface area contributed by atoms with Crippen LogP contribution in [0.5, 0.6) is 0 Å². The van der Waals surface area contributed by atoms with Crippen molar-refractivity contribution in [1.29, 1.82) is 0 Å². The fourth-order valence-corrected chi connectivity index (χ4v) is 3.24. The standard InChI is InChI=1S/C18H16ClNO6S/c1-24-17(22)14-12(15(18(23)25-2)27-16(14)20)9-26-13(21)8-5-10-3-6-11(19)7-4-10/h3-8H,9,20H2,1-2H3/b8-5+. The molecule has 1 aromatic heterocycles. The minimum atomic E-state index is -0.735. The van der Waals surface area contributed by atoms with Gasteiger partial charge in [0.05, 0.1) is 14.2 Å². The second kappa shape index (κ2) is 9.20. The Morgan fingerprint density at radius 2 is 1.74 bits per heavy atom. The molecule has 2 rings (SSSR count). The number of carbonyl (C=O) groups is 3. The number of ether oxygens (including phenoxy) is 3. The number of nitrogens with two attached hydrogens (primary N) is 1. The maximum atomic E-state index is 12.0. The van der Waals surface area contributed by atoms with E-state index in [1.54, 1.807) is 30.3 Å². The molecule has 1 aromatic carbocycles. The van der Waals surface area contributed by atoms with Crippen molar-refractivity contribution in [2.24, 2.45) is 0 Å². The maximum absolute atomic E-state index is 12.0. The van der Waals surface area contributed by atoms with E-state index in [0.29, 0.717) is 5.02 Å². The molecule has 9 heteroatoms. The lowest BCUT2D eigenvalue weighted by Crippen LogP contribution is -2.11. The average Bonchev–Trinajstić information content (AvgIpc) is 3.00. The van der Waals surface area contributed by atoms with Gasteiger partial charge in [0.25, 0.3) is 0 Å². The molecular weight excluding hydrogens is 394 g/mol. The number of hydrogen-bond acceptors (Lipinski definition) is 8. The van der Waals surface area contributed by atoms with Crippen molar-refractivity contribution < 1.29 is 28.6 Å². The molecule has 0 fully saturated rings. The molecule has 0 aliphatic rings. The molecule has 142 valence electrons. The molecule has 0 bridgehead atoms. The van der Waals surface area contributed by atoms with Crippen LogP contribution in [0.1, 0.15) is 31.2 Å². The summed E-state index contributed by atoms with van der Waals surface area (Å²) in [6, 6.07) is 6.84. The summed E-state index contributed by atoms with van der Waals surface area (Å²) >= 11 is 6.66. The molecule has 2 aromatic rings. The van der Waals surface area contributed by atoms with Crippen LogP contribution in [0.25, 0.3) is 6.08 Å². The van der Waals surface area contributed by atoms with Crippen molar-refractivity contribution >= 4 is 51.9 Å². The number of thiophene rings is 1. The van der Waals surface area contributed by atoms with Crippen LogP contribution in [0, 0.1) is 0 Å². The monoisotopic (exact) mass is 409 g/mol. The lowest BCUT2D eigenvalue weighted by atomic mass is 10.1. The SMILES string of the molecule is COC(=O)c1sc(N)c(C(=O)OC)c1COC(=O)/C=C/c1ccc(Cl)cc1. The van der Waals surface area contributed by atoms with Gasteiger partial charge in [-0.25, -0.2) is 14.4 Å². The van der Waals surface area contributed by atoms with Crippen molar-refractivity contribution in [2.45, 2.75) is 6.61 Å². The van der Waals surface area contributed by atoms with Gasteiger partial charge in [0.15, 0.2) is 0 Å². The van der Waals surface area contributed by atoms with Gasteiger partial charge in [0.2, 0.25) is 0 Å². The molecule has 0 aliphatic heterocycles. The number of benzene rings is 1. The number of esters is 3. The molecule has 0 atom stereocenters. The number of anilines is 1. The summed E-state index contributed by atoms with van der Waals surface area (Å²) in [7, 11) is 2.38. The Hall–Kier alpha value is -2.84. The first-order chi connectivity index (χ1) is 12.9. The Balaban J connectivity index is 2.18.